The first kappa shape index (κ1) is 32.6. The first-order valence-corrected chi connectivity index (χ1v) is 17.2. The van der Waals surface area contributed by atoms with Gasteiger partial charge in [-0.2, -0.15) is 0 Å². The molecule has 0 saturated carbocycles. The average Bonchev–Trinajstić information content (AvgIpc) is 3.25. The molecule has 4 aliphatic rings. The number of aryl methyl sites for hydroxylation is 2. The van der Waals surface area contributed by atoms with Crippen molar-refractivity contribution in [2.24, 2.45) is 0 Å². The van der Waals surface area contributed by atoms with Crippen LogP contribution < -0.4 is 10.6 Å². The van der Waals surface area contributed by atoms with Gasteiger partial charge in [0.2, 0.25) is 0 Å². The highest BCUT2D eigenvalue weighted by Gasteiger charge is 2.36. The van der Waals surface area contributed by atoms with Crippen molar-refractivity contribution in [1.29, 1.82) is 0 Å². The number of halogens is 1. The van der Waals surface area contributed by atoms with Crippen LogP contribution in [0.25, 0.3) is 0 Å². The van der Waals surface area contributed by atoms with E-state index in [4.69, 9.17) is 16.3 Å². The fraction of sp³-hybridized carbons (Fsp3) is 0.571. The fourth-order valence-corrected chi connectivity index (χ4v) is 7.63. The quantitative estimate of drug-likeness (QED) is 0.480. The number of amides is 4. The fourth-order valence-electron chi connectivity index (χ4n) is 7.52. The molecule has 0 aromatic heterocycles. The number of nitrogens with zero attached hydrogens (tertiary/aromatic N) is 4. The monoisotopic (exact) mass is 650 g/mol. The highest BCUT2D eigenvalue weighted by molar-refractivity contribution is 6.32. The Morgan fingerprint density at radius 3 is 2.26 bits per heavy atom. The Labute approximate surface area is 277 Å². The maximum Gasteiger partial charge on any atom is 0.410 e. The second kappa shape index (κ2) is 14.6. The van der Waals surface area contributed by atoms with Crippen molar-refractivity contribution >= 4 is 35.3 Å². The molecule has 2 aromatic rings. The minimum Gasteiger partial charge on any atom is -0.436 e. The van der Waals surface area contributed by atoms with Gasteiger partial charge < -0.3 is 30.1 Å². The molecule has 3 saturated heterocycles. The molecule has 0 bridgehead atoms. The number of anilines is 1. The van der Waals surface area contributed by atoms with Gasteiger partial charge in [-0.05, 0) is 87.4 Å². The molecule has 2 aromatic carbocycles. The topological polar surface area (TPSA) is 97.5 Å². The zero-order chi connectivity index (χ0) is 32.2. The third-order valence-corrected chi connectivity index (χ3v) is 10.8. The molecule has 0 radical (unpaired) electrons. The van der Waals surface area contributed by atoms with Gasteiger partial charge in [0, 0.05) is 75.0 Å². The number of likely N-dealkylation sites (tertiary alicyclic amines) is 1. The molecular formula is C35H47ClN6O4. The number of hydrogen-bond acceptors (Lipinski definition) is 6. The van der Waals surface area contributed by atoms with Crippen molar-refractivity contribution in [3.8, 4) is 0 Å². The van der Waals surface area contributed by atoms with Gasteiger partial charge in [-0.25, -0.2) is 9.59 Å². The van der Waals surface area contributed by atoms with Gasteiger partial charge >= 0.3 is 12.1 Å². The number of carbonyl (C=O) groups is 3. The first-order valence-electron chi connectivity index (χ1n) is 16.9. The van der Waals surface area contributed by atoms with Gasteiger partial charge in [-0.1, -0.05) is 41.9 Å². The minimum absolute atomic E-state index is 0.0343. The number of piperazine rings is 1. The molecule has 248 valence electrons. The van der Waals surface area contributed by atoms with Crippen LogP contribution in [-0.4, -0.2) is 115 Å². The van der Waals surface area contributed by atoms with Gasteiger partial charge in [-0.15, -0.1) is 0 Å². The number of hydrogen-bond donors (Lipinski definition) is 2. The summed E-state index contributed by atoms with van der Waals surface area (Å²) in [5.74, 6) is -0.140. The van der Waals surface area contributed by atoms with Crippen LogP contribution in [0.15, 0.2) is 36.4 Å². The van der Waals surface area contributed by atoms with Gasteiger partial charge in [0.05, 0.1) is 0 Å². The summed E-state index contributed by atoms with van der Waals surface area (Å²) in [4.78, 5) is 48.6. The van der Waals surface area contributed by atoms with Gasteiger partial charge in [-0.3, -0.25) is 9.69 Å². The number of ether oxygens (including phenoxy) is 1. The third kappa shape index (κ3) is 7.45. The molecule has 11 heteroatoms. The van der Waals surface area contributed by atoms with Crippen LogP contribution in [0.2, 0.25) is 5.02 Å². The molecule has 6 rings (SSSR count). The zero-order valence-electron chi connectivity index (χ0n) is 27.1. The predicted molar refractivity (Wildman–Crippen MR) is 179 cm³/mol. The van der Waals surface area contributed by atoms with E-state index in [9.17, 15) is 14.4 Å². The molecule has 0 spiro atoms. The van der Waals surface area contributed by atoms with Gasteiger partial charge in [0.15, 0.2) is 6.10 Å². The van der Waals surface area contributed by atoms with Crippen LogP contribution in [0.5, 0.6) is 0 Å². The summed E-state index contributed by atoms with van der Waals surface area (Å²) < 4.78 is 6.07. The number of rotatable bonds is 6. The number of urea groups is 1. The second-order valence-electron chi connectivity index (χ2n) is 13.2. The van der Waals surface area contributed by atoms with Crippen LogP contribution >= 0.6 is 11.6 Å². The number of fused-ring (bicyclic) bond motifs is 1. The van der Waals surface area contributed by atoms with Crippen molar-refractivity contribution in [2.45, 2.75) is 70.6 Å². The standard InChI is InChI=1S/C35H47ClN6O4/c1-24-21-26(22-25(2)32(24)36)23-31(33(43)40-19-17-39(18-20-40)28-7-12-37-13-8-28)46-35(45)41-14-10-29(11-15-41)42-16-9-27-5-3-4-6-30(27)38-34(42)44/h3-6,21-22,28-29,31,37H,7-20,23H2,1-2H3,(H,38,44). The van der Waals surface area contributed by atoms with Crippen molar-refractivity contribution in [2.75, 3.05) is 64.2 Å². The number of benzene rings is 2. The van der Waals surface area contributed by atoms with E-state index in [0.717, 1.165) is 73.4 Å². The lowest BCUT2D eigenvalue weighted by Crippen LogP contribution is -2.56. The average molecular weight is 651 g/mol. The maximum atomic E-state index is 14.0. The molecule has 4 aliphatic heterocycles. The van der Waals surface area contributed by atoms with E-state index in [1.54, 1.807) is 4.90 Å². The number of nitrogens with one attached hydrogen (secondary N) is 2. The SMILES string of the molecule is Cc1cc(CC(OC(=O)N2CCC(N3CCc4ccccc4NC3=O)CC2)C(=O)N2CCN(C3CCNCC3)CC2)cc(C)c1Cl. The third-order valence-electron chi connectivity index (χ3n) is 10.2. The molecule has 1 atom stereocenters. The Balaban J connectivity index is 1.09. The van der Waals surface area contributed by atoms with Crippen LogP contribution in [0.4, 0.5) is 15.3 Å². The van der Waals surface area contributed by atoms with Crippen molar-refractivity contribution in [3.05, 3.63) is 63.7 Å². The lowest BCUT2D eigenvalue weighted by atomic mass is 10.0. The molecule has 0 aliphatic carbocycles. The van der Waals surface area contributed by atoms with Crippen LogP contribution in [0.1, 0.15) is 47.9 Å². The molecule has 4 heterocycles. The second-order valence-corrected chi connectivity index (χ2v) is 13.6. The first-order chi connectivity index (χ1) is 22.3. The number of carbonyl (C=O) groups excluding carboxylic acids is 3. The summed E-state index contributed by atoms with van der Waals surface area (Å²) in [7, 11) is 0. The summed E-state index contributed by atoms with van der Waals surface area (Å²) in [6, 6.07) is 12.4. The summed E-state index contributed by atoms with van der Waals surface area (Å²) in [5.41, 5.74) is 4.80. The molecule has 1 unspecified atom stereocenters. The summed E-state index contributed by atoms with van der Waals surface area (Å²) in [6.07, 6.45) is 3.27. The molecule has 4 amide bonds. The van der Waals surface area contributed by atoms with E-state index in [-0.39, 0.29) is 18.0 Å². The van der Waals surface area contributed by atoms with Gasteiger partial charge in [0.25, 0.3) is 5.91 Å². The Morgan fingerprint density at radius 1 is 0.891 bits per heavy atom. The highest BCUT2D eigenvalue weighted by Crippen LogP contribution is 2.27. The van der Waals surface area contributed by atoms with Crippen molar-refractivity contribution in [3.63, 3.8) is 0 Å². The largest absolute Gasteiger partial charge is 0.436 e. The van der Waals surface area contributed by atoms with E-state index < -0.39 is 12.2 Å². The molecular weight excluding hydrogens is 604 g/mol. The van der Waals surface area contributed by atoms with E-state index >= 15 is 0 Å². The molecule has 3 fully saturated rings. The Hall–Kier alpha value is -3.34. The Bertz CT molecular complexity index is 1390. The van der Waals surface area contributed by atoms with E-state index in [1.807, 2.05) is 54.0 Å². The Morgan fingerprint density at radius 2 is 1.57 bits per heavy atom. The highest BCUT2D eigenvalue weighted by atomic mass is 35.5. The smallest absolute Gasteiger partial charge is 0.410 e. The van der Waals surface area contributed by atoms with Crippen molar-refractivity contribution in [1.82, 2.24) is 24.9 Å². The summed E-state index contributed by atoms with van der Waals surface area (Å²) in [6.45, 7) is 10.5. The number of piperidine rings is 2. The van der Waals surface area contributed by atoms with Crippen molar-refractivity contribution < 1.29 is 19.1 Å². The maximum absolute atomic E-state index is 14.0. The van der Waals surface area contributed by atoms with E-state index in [2.05, 4.69) is 21.6 Å². The van der Waals surface area contributed by atoms with Crippen LogP contribution in [0, 0.1) is 13.8 Å². The van der Waals surface area contributed by atoms with Gasteiger partial charge in [0.1, 0.15) is 0 Å². The van der Waals surface area contributed by atoms with E-state index in [0.29, 0.717) is 63.1 Å². The Kier molecular flexibility index (Phi) is 10.4. The molecule has 2 N–H and O–H groups in total. The number of para-hydroxylation sites is 1. The lowest BCUT2D eigenvalue weighted by molar-refractivity contribution is -0.143. The van der Waals surface area contributed by atoms with Crippen LogP contribution in [-0.2, 0) is 22.4 Å². The normalized spacial score (nSPS) is 20.9. The molecule has 46 heavy (non-hydrogen) atoms. The van der Waals surface area contributed by atoms with E-state index in [1.165, 1.54) is 0 Å². The molecule has 10 nitrogen and oxygen atoms in total. The minimum atomic E-state index is -0.925. The predicted octanol–water partition coefficient (Wildman–Crippen LogP) is 4.46. The summed E-state index contributed by atoms with van der Waals surface area (Å²) in [5, 5.41) is 7.20. The zero-order valence-corrected chi connectivity index (χ0v) is 27.9. The lowest BCUT2D eigenvalue weighted by Gasteiger charge is -2.41. The van der Waals surface area contributed by atoms with Crippen LogP contribution in [0.3, 0.4) is 0 Å². The summed E-state index contributed by atoms with van der Waals surface area (Å²) >= 11 is 6.44.